The van der Waals surface area contributed by atoms with E-state index < -0.39 is 11.9 Å². The highest BCUT2D eigenvalue weighted by atomic mass is 16.4. The summed E-state index contributed by atoms with van der Waals surface area (Å²) in [5.41, 5.74) is 2.94. The lowest BCUT2D eigenvalue weighted by Gasteiger charge is -2.19. The molecule has 0 aliphatic carbocycles. The molecule has 0 spiro atoms. The van der Waals surface area contributed by atoms with Crippen molar-refractivity contribution in [3.8, 4) is 5.69 Å². The Morgan fingerprint density at radius 2 is 1.89 bits per heavy atom. The smallest absolute Gasteiger partial charge is 0.323 e. The van der Waals surface area contributed by atoms with E-state index >= 15 is 0 Å². The van der Waals surface area contributed by atoms with Gasteiger partial charge < -0.3 is 10.0 Å². The summed E-state index contributed by atoms with van der Waals surface area (Å²) in [4.78, 5) is 26.6. The number of benzene rings is 2. The van der Waals surface area contributed by atoms with E-state index in [9.17, 15) is 9.59 Å². The molecule has 0 saturated heterocycles. The van der Waals surface area contributed by atoms with Crippen LogP contribution in [0.5, 0.6) is 0 Å². The third-order valence-corrected chi connectivity index (χ3v) is 4.07. The van der Waals surface area contributed by atoms with Crippen LogP contribution in [0.1, 0.15) is 21.6 Å². The van der Waals surface area contributed by atoms with Gasteiger partial charge in [0.05, 0.1) is 11.9 Å². The predicted octanol–water partition coefficient (Wildman–Crippen LogP) is 2.35. The molecule has 2 aromatic carbocycles. The molecule has 7 nitrogen and oxygen atoms in total. The molecule has 138 valence electrons. The molecule has 0 radical (unpaired) electrons. The fraction of sp³-hybridized carbons (Fsp3) is 0.200. The highest BCUT2D eigenvalue weighted by Gasteiger charge is 2.21. The second-order valence-electron chi connectivity index (χ2n) is 6.21. The lowest BCUT2D eigenvalue weighted by atomic mass is 10.1. The normalized spacial score (nSPS) is 10.6. The van der Waals surface area contributed by atoms with Crippen LogP contribution >= 0.6 is 0 Å². The Hall–Kier alpha value is -3.48. The molecule has 1 amide bonds. The molecule has 3 rings (SSSR count). The summed E-state index contributed by atoms with van der Waals surface area (Å²) in [6.07, 6.45) is 1.92. The van der Waals surface area contributed by atoms with Crippen LogP contribution in [0.4, 0.5) is 0 Å². The number of rotatable bonds is 7. The quantitative estimate of drug-likeness (QED) is 0.695. The van der Waals surface area contributed by atoms with Gasteiger partial charge in [0.15, 0.2) is 5.69 Å². The van der Waals surface area contributed by atoms with Crippen molar-refractivity contribution in [2.45, 2.75) is 13.3 Å². The van der Waals surface area contributed by atoms with Crippen molar-refractivity contribution < 1.29 is 14.7 Å². The van der Waals surface area contributed by atoms with E-state index in [1.807, 2.05) is 61.5 Å². The first kappa shape index (κ1) is 18.3. The van der Waals surface area contributed by atoms with Crippen molar-refractivity contribution in [3.63, 3.8) is 0 Å². The average molecular weight is 364 g/mol. The van der Waals surface area contributed by atoms with Crippen LogP contribution in [0.25, 0.3) is 5.69 Å². The zero-order chi connectivity index (χ0) is 19.2. The van der Waals surface area contributed by atoms with Crippen molar-refractivity contribution in [3.05, 3.63) is 77.6 Å². The number of aryl methyl sites for hydroxylation is 1. The second-order valence-corrected chi connectivity index (χ2v) is 6.21. The lowest BCUT2D eigenvalue weighted by molar-refractivity contribution is -0.137. The van der Waals surface area contributed by atoms with E-state index in [-0.39, 0.29) is 18.8 Å². The third-order valence-electron chi connectivity index (χ3n) is 4.07. The van der Waals surface area contributed by atoms with Gasteiger partial charge in [-0.15, -0.1) is 5.10 Å². The third kappa shape index (κ3) is 4.78. The van der Waals surface area contributed by atoms with Gasteiger partial charge >= 0.3 is 5.97 Å². The molecule has 7 heteroatoms. The number of aromatic nitrogens is 3. The number of amides is 1. The summed E-state index contributed by atoms with van der Waals surface area (Å²) in [5, 5.41) is 17.5. The zero-order valence-corrected chi connectivity index (χ0v) is 14.9. The van der Waals surface area contributed by atoms with Crippen molar-refractivity contribution in [1.29, 1.82) is 0 Å². The molecule has 0 saturated carbocycles. The second kappa shape index (κ2) is 8.27. The van der Waals surface area contributed by atoms with Gasteiger partial charge in [-0.25, -0.2) is 0 Å². The first-order valence-electron chi connectivity index (χ1n) is 8.57. The van der Waals surface area contributed by atoms with E-state index in [0.717, 1.165) is 16.8 Å². The Morgan fingerprint density at radius 1 is 1.11 bits per heavy atom. The van der Waals surface area contributed by atoms with Crippen molar-refractivity contribution in [2.24, 2.45) is 0 Å². The van der Waals surface area contributed by atoms with Crippen LogP contribution in [-0.4, -0.2) is 50.0 Å². The molecule has 0 fully saturated rings. The predicted molar refractivity (Wildman–Crippen MR) is 99.8 cm³/mol. The minimum absolute atomic E-state index is 0.116. The monoisotopic (exact) mass is 364 g/mol. The van der Waals surface area contributed by atoms with Crippen LogP contribution < -0.4 is 0 Å². The van der Waals surface area contributed by atoms with Crippen LogP contribution in [0.15, 0.2) is 60.8 Å². The summed E-state index contributed by atoms with van der Waals surface area (Å²) >= 11 is 0. The van der Waals surface area contributed by atoms with Gasteiger partial charge in [0.2, 0.25) is 0 Å². The fourth-order valence-electron chi connectivity index (χ4n) is 2.72. The Morgan fingerprint density at radius 3 is 2.59 bits per heavy atom. The van der Waals surface area contributed by atoms with Crippen LogP contribution in [-0.2, 0) is 11.2 Å². The molecule has 27 heavy (non-hydrogen) atoms. The van der Waals surface area contributed by atoms with Crippen molar-refractivity contribution in [1.82, 2.24) is 19.9 Å². The van der Waals surface area contributed by atoms with E-state index in [4.69, 9.17) is 5.11 Å². The van der Waals surface area contributed by atoms with Gasteiger partial charge in [-0.05, 0) is 36.6 Å². The van der Waals surface area contributed by atoms with E-state index in [1.165, 1.54) is 15.9 Å². The standard InChI is InChI=1S/C20H20N4O3/c1-15-6-5-9-17(12-15)24-21-13-18(22-24)20(27)23(14-19(25)26)11-10-16-7-3-2-4-8-16/h2-9,12-13H,10-11,14H2,1H3,(H,25,26). The average Bonchev–Trinajstić information content (AvgIpc) is 3.15. The van der Waals surface area contributed by atoms with Gasteiger partial charge in [-0.1, -0.05) is 42.5 Å². The summed E-state index contributed by atoms with van der Waals surface area (Å²) in [5.74, 6) is -1.52. The number of carbonyl (C=O) groups excluding carboxylic acids is 1. The summed E-state index contributed by atoms with van der Waals surface area (Å²) in [6, 6.07) is 17.2. The van der Waals surface area contributed by atoms with Crippen LogP contribution in [0.2, 0.25) is 0 Å². The number of carbonyl (C=O) groups is 2. The fourth-order valence-corrected chi connectivity index (χ4v) is 2.72. The van der Waals surface area contributed by atoms with E-state index in [2.05, 4.69) is 10.2 Å². The minimum atomic E-state index is -1.07. The van der Waals surface area contributed by atoms with E-state index in [1.54, 1.807) is 0 Å². The minimum Gasteiger partial charge on any atom is -0.480 e. The molecule has 0 aliphatic rings. The van der Waals surface area contributed by atoms with Crippen molar-refractivity contribution in [2.75, 3.05) is 13.1 Å². The molecule has 3 aromatic rings. The highest BCUT2D eigenvalue weighted by molar-refractivity contribution is 5.93. The topological polar surface area (TPSA) is 88.3 Å². The van der Waals surface area contributed by atoms with Crippen molar-refractivity contribution >= 4 is 11.9 Å². The number of hydrogen-bond acceptors (Lipinski definition) is 4. The maximum absolute atomic E-state index is 12.8. The van der Waals surface area contributed by atoms with Gasteiger partial charge in [-0.2, -0.15) is 9.90 Å². The van der Waals surface area contributed by atoms with Gasteiger partial charge in [0, 0.05) is 6.54 Å². The molecule has 1 aromatic heterocycles. The molecule has 1 N–H and O–H groups in total. The molecule has 0 unspecified atom stereocenters. The summed E-state index contributed by atoms with van der Waals surface area (Å²) in [7, 11) is 0. The Labute approximate surface area is 156 Å². The molecule has 0 bridgehead atoms. The van der Waals surface area contributed by atoms with Gasteiger partial charge in [-0.3, -0.25) is 9.59 Å². The maximum Gasteiger partial charge on any atom is 0.323 e. The number of aliphatic carboxylic acids is 1. The number of carboxylic acids is 1. The van der Waals surface area contributed by atoms with E-state index in [0.29, 0.717) is 6.42 Å². The maximum atomic E-state index is 12.8. The lowest BCUT2D eigenvalue weighted by Crippen LogP contribution is -2.37. The van der Waals surface area contributed by atoms with Gasteiger partial charge in [0.1, 0.15) is 6.54 Å². The number of nitrogens with zero attached hydrogens (tertiary/aromatic N) is 4. The Bertz CT molecular complexity index is 937. The molecule has 0 atom stereocenters. The summed E-state index contributed by atoms with van der Waals surface area (Å²) in [6.45, 7) is 1.85. The number of carboxylic acid groups (broad SMARTS) is 1. The van der Waals surface area contributed by atoms with Crippen LogP contribution in [0, 0.1) is 6.92 Å². The van der Waals surface area contributed by atoms with Crippen LogP contribution in [0.3, 0.4) is 0 Å². The highest BCUT2D eigenvalue weighted by Crippen LogP contribution is 2.10. The molecular weight excluding hydrogens is 344 g/mol. The summed E-state index contributed by atoms with van der Waals surface area (Å²) < 4.78 is 0. The Kier molecular flexibility index (Phi) is 5.61. The first-order valence-corrected chi connectivity index (χ1v) is 8.57. The first-order chi connectivity index (χ1) is 13.0. The number of hydrogen-bond donors (Lipinski definition) is 1. The Balaban J connectivity index is 1.76. The molecule has 1 heterocycles. The zero-order valence-electron chi connectivity index (χ0n) is 14.9. The SMILES string of the molecule is Cc1cccc(-n2ncc(C(=O)N(CCc3ccccc3)CC(=O)O)n2)c1. The largest absolute Gasteiger partial charge is 0.480 e. The van der Waals surface area contributed by atoms with Gasteiger partial charge in [0.25, 0.3) is 5.91 Å². The molecular formula is C20H20N4O3. The molecule has 0 aliphatic heterocycles.